The van der Waals surface area contributed by atoms with Crippen LogP contribution in [0.3, 0.4) is 0 Å². The molecule has 0 atom stereocenters. The summed E-state index contributed by atoms with van der Waals surface area (Å²) >= 11 is 1.71. The number of hydrogen-bond donors (Lipinski definition) is 1. The van der Waals surface area contributed by atoms with Gasteiger partial charge in [-0.25, -0.2) is 4.98 Å². The fraction of sp³-hybridized carbons (Fsp3) is 0.143. The van der Waals surface area contributed by atoms with Gasteiger partial charge in [-0.1, -0.05) is 0 Å². The van der Waals surface area contributed by atoms with Gasteiger partial charge in [0, 0.05) is 10.6 Å². The van der Waals surface area contributed by atoms with Crippen LogP contribution in [0.25, 0.3) is 0 Å². The van der Waals surface area contributed by atoms with Gasteiger partial charge in [0.2, 0.25) is 0 Å². The van der Waals surface area contributed by atoms with Gasteiger partial charge < -0.3 is 5.32 Å². The molecule has 4 heteroatoms. The summed E-state index contributed by atoms with van der Waals surface area (Å²) in [5.74, 6) is 0.753. The molecule has 1 aromatic heterocycles. The minimum atomic E-state index is 0.610. The van der Waals surface area contributed by atoms with Crippen LogP contribution in [0.1, 0.15) is 11.3 Å². The molecule has 1 aromatic carbocycles. The number of nitrogens with one attached hydrogen (secondary N) is 1. The van der Waals surface area contributed by atoms with Crippen molar-refractivity contribution in [2.75, 3.05) is 11.6 Å². The molecule has 3 nitrogen and oxygen atoms in total. The van der Waals surface area contributed by atoms with Crippen molar-refractivity contribution in [3.8, 4) is 6.07 Å². The Hall–Kier alpha value is -1.99. The first-order chi connectivity index (χ1) is 8.72. The molecule has 2 aromatic rings. The molecule has 0 aliphatic carbocycles. The van der Waals surface area contributed by atoms with E-state index in [0.29, 0.717) is 5.56 Å². The lowest BCUT2D eigenvalue weighted by atomic mass is 10.2. The molecule has 0 amide bonds. The van der Waals surface area contributed by atoms with E-state index in [1.165, 1.54) is 4.90 Å². The van der Waals surface area contributed by atoms with Crippen molar-refractivity contribution >= 4 is 23.3 Å². The van der Waals surface area contributed by atoms with Crippen molar-refractivity contribution in [2.45, 2.75) is 11.8 Å². The lowest BCUT2D eigenvalue weighted by Gasteiger charge is -2.07. The monoisotopic (exact) mass is 255 g/mol. The van der Waals surface area contributed by atoms with Gasteiger partial charge >= 0.3 is 0 Å². The second kappa shape index (κ2) is 5.56. The molecule has 0 bridgehead atoms. The molecular weight excluding hydrogens is 242 g/mol. The maximum atomic E-state index is 8.84. The fourth-order valence-electron chi connectivity index (χ4n) is 1.57. The summed E-state index contributed by atoms with van der Waals surface area (Å²) in [6.45, 7) is 1.83. The summed E-state index contributed by atoms with van der Waals surface area (Å²) in [4.78, 5) is 5.57. The van der Waals surface area contributed by atoms with E-state index >= 15 is 0 Å². The maximum Gasteiger partial charge on any atom is 0.130 e. The number of aryl methyl sites for hydroxylation is 1. The lowest BCUT2D eigenvalue weighted by Crippen LogP contribution is -1.96. The Bertz CT molecular complexity index is 585. The quantitative estimate of drug-likeness (QED) is 0.849. The van der Waals surface area contributed by atoms with E-state index in [1.54, 1.807) is 17.8 Å². The van der Waals surface area contributed by atoms with Crippen LogP contribution >= 0.6 is 11.8 Å². The van der Waals surface area contributed by atoms with Crippen LogP contribution < -0.4 is 5.32 Å². The molecule has 0 saturated carbocycles. The van der Waals surface area contributed by atoms with E-state index in [1.807, 2.05) is 31.4 Å². The first-order valence-electron chi connectivity index (χ1n) is 5.52. The van der Waals surface area contributed by atoms with E-state index < -0.39 is 0 Å². The Balaban J connectivity index is 2.18. The van der Waals surface area contributed by atoms with Gasteiger partial charge in [-0.15, -0.1) is 11.8 Å². The first kappa shape index (κ1) is 12.5. The molecule has 18 heavy (non-hydrogen) atoms. The van der Waals surface area contributed by atoms with Gasteiger partial charge in [0.25, 0.3) is 0 Å². The largest absolute Gasteiger partial charge is 0.340 e. The van der Waals surface area contributed by atoms with Crippen LogP contribution in [0, 0.1) is 18.3 Å². The highest BCUT2D eigenvalue weighted by atomic mass is 32.2. The molecule has 0 unspecified atom stereocenters. The number of aromatic nitrogens is 1. The summed E-state index contributed by atoms with van der Waals surface area (Å²) < 4.78 is 0. The molecule has 90 valence electrons. The Morgan fingerprint density at radius 2 is 1.89 bits per heavy atom. The minimum absolute atomic E-state index is 0.610. The van der Waals surface area contributed by atoms with Crippen molar-refractivity contribution in [1.82, 2.24) is 4.98 Å². The van der Waals surface area contributed by atoms with Gasteiger partial charge in [-0.2, -0.15) is 5.26 Å². The third-order valence-electron chi connectivity index (χ3n) is 2.57. The molecule has 0 spiro atoms. The third kappa shape index (κ3) is 2.82. The Morgan fingerprint density at radius 1 is 1.17 bits per heavy atom. The molecule has 1 N–H and O–H groups in total. The normalized spacial score (nSPS) is 9.83. The van der Waals surface area contributed by atoms with Gasteiger partial charge in [-0.3, -0.25) is 0 Å². The number of anilines is 2. The molecule has 1 heterocycles. The molecule has 2 rings (SSSR count). The fourth-order valence-corrected chi connectivity index (χ4v) is 1.98. The zero-order valence-electron chi connectivity index (χ0n) is 10.3. The van der Waals surface area contributed by atoms with Gasteiger partial charge in [0.05, 0.1) is 11.3 Å². The number of thioether (sulfide) groups is 1. The Labute approximate surface area is 111 Å². The summed E-state index contributed by atoms with van der Waals surface area (Å²) in [5.41, 5.74) is 2.34. The second-order valence-electron chi connectivity index (χ2n) is 3.79. The highest BCUT2D eigenvalue weighted by Gasteiger charge is 2.01. The van der Waals surface area contributed by atoms with E-state index in [9.17, 15) is 0 Å². The van der Waals surface area contributed by atoms with Crippen LogP contribution in [0.5, 0.6) is 0 Å². The Kier molecular flexibility index (Phi) is 3.85. The standard InChI is InChI=1S/C14H13N3S/c1-10-11(9-15)3-8-14(16-10)17-12-4-6-13(18-2)7-5-12/h3-8H,1-2H3,(H,16,17). The second-order valence-corrected chi connectivity index (χ2v) is 4.67. The highest BCUT2D eigenvalue weighted by molar-refractivity contribution is 7.98. The predicted molar refractivity (Wildman–Crippen MR) is 75.2 cm³/mol. The summed E-state index contributed by atoms with van der Waals surface area (Å²) in [6.07, 6.45) is 2.05. The summed E-state index contributed by atoms with van der Waals surface area (Å²) in [5, 5.41) is 12.1. The van der Waals surface area contributed by atoms with Crippen molar-refractivity contribution in [2.24, 2.45) is 0 Å². The number of pyridine rings is 1. The van der Waals surface area contributed by atoms with E-state index in [-0.39, 0.29) is 0 Å². The SMILES string of the molecule is CSc1ccc(Nc2ccc(C#N)c(C)n2)cc1. The number of hydrogen-bond acceptors (Lipinski definition) is 4. The van der Waals surface area contributed by atoms with Gasteiger partial charge in [-0.05, 0) is 49.6 Å². The van der Waals surface area contributed by atoms with Crippen molar-refractivity contribution in [3.63, 3.8) is 0 Å². The van der Waals surface area contributed by atoms with E-state index in [2.05, 4.69) is 28.5 Å². The van der Waals surface area contributed by atoms with Crippen molar-refractivity contribution in [1.29, 1.82) is 5.26 Å². The number of nitrogens with zero attached hydrogens (tertiary/aromatic N) is 2. The van der Waals surface area contributed by atoms with Crippen LogP contribution in [-0.2, 0) is 0 Å². The number of rotatable bonds is 3. The average Bonchev–Trinajstić information content (AvgIpc) is 2.40. The minimum Gasteiger partial charge on any atom is -0.340 e. The molecular formula is C14H13N3S. The number of nitriles is 1. The van der Waals surface area contributed by atoms with Crippen LogP contribution in [0.2, 0.25) is 0 Å². The lowest BCUT2D eigenvalue weighted by molar-refractivity contribution is 1.18. The summed E-state index contributed by atoms with van der Waals surface area (Å²) in [7, 11) is 0. The first-order valence-corrected chi connectivity index (χ1v) is 6.74. The predicted octanol–water partition coefficient (Wildman–Crippen LogP) is 3.73. The van der Waals surface area contributed by atoms with Crippen LogP contribution in [0.4, 0.5) is 11.5 Å². The molecule has 0 aliphatic rings. The topological polar surface area (TPSA) is 48.7 Å². The highest BCUT2D eigenvalue weighted by Crippen LogP contribution is 2.20. The molecule has 0 saturated heterocycles. The van der Waals surface area contributed by atoms with Crippen molar-refractivity contribution < 1.29 is 0 Å². The molecule has 0 radical (unpaired) electrons. The van der Waals surface area contributed by atoms with Crippen LogP contribution in [-0.4, -0.2) is 11.2 Å². The van der Waals surface area contributed by atoms with Gasteiger partial charge in [0.15, 0.2) is 0 Å². The molecule has 0 fully saturated rings. The third-order valence-corrected chi connectivity index (χ3v) is 3.31. The zero-order valence-corrected chi connectivity index (χ0v) is 11.1. The number of benzene rings is 1. The zero-order chi connectivity index (χ0) is 13.0. The Morgan fingerprint density at radius 3 is 2.44 bits per heavy atom. The molecule has 0 aliphatic heterocycles. The van der Waals surface area contributed by atoms with Crippen molar-refractivity contribution in [3.05, 3.63) is 47.7 Å². The summed E-state index contributed by atoms with van der Waals surface area (Å²) in [6, 6.07) is 13.8. The van der Waals surface area contributed by atoms with E-state index in [4.69, 9.17) is 5.26 Å². The smallest absolute Gasteiger partial charge is 0.130 e. The van der Waals surface area contributed by atoms with E-state index in [0.717, 1.165) is 17.2 Å². The maximum absolute atomic E-state index is 8.84. The average molecular weight is 255 g/mol. The van der Waals surface area contributed by atoms with Crippen LogP contribution in [0.15, 0.2) is 41.3 Å². The van der Waals surface area contributed by atoms with Gasteiger partial charge in [0.1, 0.15) is 11.9 Å².